The largest absolute Gasteiger partial charge is 0.361 e. The molecule has 0 spiro atoms. The van der Waals surface area contributed by atoms with E-state index in [1.54, 1.807) is 24.4 Å². The smallest absolute Gasteiger partial charge is 0.256 e. The fraction of sp³-hybridized carbons (Fsp3) is 0.407. The van der Waals surface area contributed by atoms with E-state index < -0.39 is 22.0 Å². The monoisotopic (exact) mass is 512 g/mol. The van der Waals surface area contributed by atoms with Crippen molar-refractivity contribution in [3.8, 4) is 0 Å². The first-order valence-corrected chi connectivity index (χ1v) is 14.1. The van der Waals surface area contributed by atoms with Crippen LogP contribution >= 0.6 is 0 Å². The summed E-state index contributed by atoms with van der Waals surface area (Å²) in [5, 5.41) is 0.900. The molecule has 1 heterocycles. The zero-order valence-electron chi connectivity index (χ0n) is 20.8. The van der Waals surface area contributed by atoms with Gasteiger partial charge in [-0.25, -0.2) is 8.42 Å². The van der Waals surface area contributed by atoms with Crippen molar-refractivity contribution < 1.29 is 18.0 Å². The van der Waals surface area contributed by atoms with Crippen LogP contribution in [0, 0.1) is 0 Å². The molecular formula is C27H36N4O4S. The quantitative estimate of drug-likeness (QED) is 0.190. The third kappa shape index (κ3) is 8.20. The Kier molecular flexibility index (Phi) is 10.5. The number of H-pyrrole nitrogens is 1. The molecule has 4 N–H and O–H groups in total. The van der Waals surface area contributed by atoms with Crippen molar-refractivity contribution in [1.82, 2.24) is 20.6 Å². The number of para-hydroxylation sites is 1. The number of carbonyl (C=O) groups excluding carboxylic acids is 2. The van der Waals surface area contributed by atoms with E-state index in [1.807, 2.05) is 24.3 Å². The molecular weight excluding hydrogens is 476 g/mol. The van der Waals surface area contributed by atoms with Crippen LogP contribution in [0.15, 0.2) is 65.7 Å². The van der Waals surface area contributed by atoms with Crippen molar-refractivity contribution in [3.05, 3.63) is 66.4 Å². The number of sulfonamides is 1. The molecule has 0 saturated heterocycles. The maximum atomic E-state index is 13.0. The number of hydrazine groups is 1. The van der Waals surface area contributed by atoms with Gasteiger partial charge in [0.05, 0.1) is 4.90 Å². The molecule has 1 atom stereocenters. The van der Waals surface area contributed by atoms with Gasteiger partial charge in [0.15, 0.2) is 0 Å². The van der Waals surface area contributed by atoms with Crippen LogP contribution < -0.4 is 15.6 Å². The number of amides is 2. The van der Waals surface area contributed by atoms with E-state index in [0.29, 0.717) is 6.42 Å². The lowest BCUT2D eigenvalue weighted by Gasteiger charge is -2.19. The predicted molar refractivity (Wildman–Crippen MR) is 141 cm³/mol. The minimum Gasteiger partial charge on any atom is -0.361 e. The molecule has 1 aromatic heterocycles. The van der Waals surface area contributed by atoms with Crippen LogP contribution in [0.2, 0.25) is 0 Å². The predicted octanol–water partition coefficient (Wildman–Crippen LogP) is 4.35. The number of unbranched alkanes of at least 4 members (excludes halogenated alkanes) is 6. The van der Waals surface area contributed by atoms with Crippen LogP contribution in [0.1, 0.15) is 63.9 Å². The maximum Gasteiger partial charge on any atom is 0.256 e. The molecule has 0 aliphatic carbocycles. The second kappa shape index (κ2) is 13.8. The number of hydrogen-bond donors (Lipinski definition) is 4. The van der Waals surface area contributed by atoms with Crippen molar-refractivity contribution in [2.24, 2.45) is 0 Å². The molecule has 0 fully saturated rings. The highest BCUT2D eigenvalue weighted by atomic mass is 32.2. The first kappa shape index (κ1) is 27.4. The van der Waals surface area contributed by atoms with Gasteiger partial charge in [-0.05, 0) is 36.6 Å². The lowest BCUT2D eigenvalue weighted by molar-refractivity contribution is -0.129. The highest BCUT2D eigenvalue weighted by Gasteiger charge is 2.27. The Hall–Kier alpha value is -3.17. The van der Waals surface area contributed by atoms with Crippen molar-refractivity contribution in [1.29, 1.82) is 0 Å². The molecule has 0 saturated carbocycles. The van der Waals surface area contributed by atoms with Crippen LogP contribution in [-0.2, 0) is 26.0 Å². The molecule has 0 bridgehead atoms. The lowest BCUT2D eigenvalue weighted by atomic mass is 10.1. The number of nitrogens with one attached hydrogen (secondary N) is 4. The Morgan fingerprint density at radius 2 is 1.53 bits per heavy atom. The first-order chi connectivity index (χ1) is 17.4. The van der Waals surface area contributed by atoms with Crippen LogP contribution in [0.3, 0.4) is 0 Å². The van der Waals surface area contributed by atoms with E-state index in [1.165, 1.54) is 37.8 Å². The number of hydrogen-bond acceptors (Lipinski definition) is 4. The summed E-state index contributed by atoms with van der Waals surface area (Å²) in [6.07, 6.45) is 9.79. The summed E-state index contributed by atoms with van der Waals surface area (Å²) in [6.45, 7) is 2.18. The summed E-state index contributed by atoms with van der Waals surface area (Å²) < 4.78 is 28.4. The first-order valence-electron chi connectivity index (χ1n) is 12.6. The molecule has 36 heavy (non-hydrogen) atoms. The zero-order valence-corrected chi connectivity index (χ0v) is 21.6. The highest BCUT2D eigenvalue weighted by molar-refractivity contribution is 7.89. The summed E-state index contributed by atoms with van der Waals surface area (Å²) in [7, 11) is -3.96. The molecule has 194 valence electrons. The molecule has 2 aromatic carbocycles. The molecule has 9 heteroatoms. The van der Waals surface area contributed by atoms with E-state index in [2.05, 4.69) is 27.5 Å². The molecule has 0 aliphatic rings. The van der Waals surface area contributed by atoms with Crippen LogP contribution in [0.4, 0.5) is 0 Å². The molecule has 3 rings (SSSR count). The summed E-state index contributed by atoms with van der Waals surface area (Å²) in [5.74, 6) is -0.929. The molecule has 2 amide bonds. The van der Waals surface area contributed by atoms with E-state index in [0.717, 1.165) is 35.7 Å². The van der Waals surface area contributed by atoms with Gasteiger partial charge in [-0.15, -0.1) is 0 Å². The Bertz CT molecular complexity index is 1220. The Morgan fingerprint density at radius 1 is 0.861 bits per heavy atom. The highest BCUT2D eigenvalue weighted by Crippen LogP contribution is 2.20. The average Bonchev–Trinajstić information content (AvgIpc) is 3.29. The van der Waals surface area contributed by atoms with Gasteiger partial charge in [0.25, 0.3) is 5.91 Å². The Morgan fingerprint density at radius 3 is 2.28 bits per heavy atom. The second-order valence-corrected chi connectivity index (χ2v) is 10.7. The number of aromatic nitrogens is 1. The zero-order chi connectivity index (χ0) is 25.8. The molecule has 1 unspecified atom stereocenters. The number of carbonyl (C=O) groups is 2. The van der Waals surface area contributed by atoms with Gasteiger partial charge in [0.1, 0.15) is 6.04 Å². The lowest BCUT2D eigenvalue weighted by Crippen LogP contribution is -2.53. The number of fused-ring (bicyclic) bond motifs is 1. The van der Waals surface area contributed by atoms with Crippen LogP contribution in [-0.4, -0.2) is 31.3 Å². The van der Waals surface area contributed by atoms with Gasteiger partial charge in [-0.3, -0.25) is 20.4 Å². The fourth-order valence-corrected chi connectivity index (χ4v) is 5.30. The fourth-order valence-electron chi connectivity index (χ4n) is 4.09. The Balaban J connectivity index is 1.61. The van der Waals surface area contributed by atoms with Crippen LogP contribution in [0.25, 0.3) is 10.9 Å². The van der Waals surface area contributed by atoms with Crippen molar-refractivity contribution >= 4 is 32.7 Å². The number of rotatable bonds is 14. The standard InChI is InChI=1S/C27H36N4O4S/c1-2-3-4-5-6-7-11-18-26(32)29-30-27(33)25(31-36(34,35)22-14-9-8-10-15-22)19-21-20-28-24-17-13-12-16-23(21)24/h8-10,12-17,20,25,28,31H,2-7,11,18-19H2,1H3,(H,29,32)(H,30,33). The molecule has 0 radical (unpaired) electrons. The SMILES string of the molecule is CCCCCCCCCC(=O)NNC(=O)C(Cc1c[nH]c2ccccc12)NS(=O)(=O)c1ccccc1. The normalized spacial score (nSPS) is 12.4. The van der Waals surface area contributed by atoms with Crippen molar-refractivity contribution in [3.63, 3.8) is 0 Å². The van der Waals surface area contributed by atoms with Gasteiger partial charge in [0.2, 0.25) is 15.9 Å². The third-order valence-corrected chi connectivity index (χ3v) is 7.59. The van der Waals surface area contributed by atoms with E-state index in [-0.39, 0.29) is 17.2 Å². The van der Waals surface area contributed by atoms with Gasteiger partial charge in [-0.1, -0.05) is 81.8 Å². The van der Waals surface area contributed by atoms with Crippen molar-refractivity contribution in [2.75, 3.05) is 0 Å². The second-order valence-electron chi connectivity index (χ2n) is 8.96. The van der Waals surface area contributed by atoms with Gasteiger partial charge in [-0.2, -0.15) is 4.72 Å². The van der Waals surface area contributed by atoms with Gasteiger partial charge >= 0.3 is 0 Å². The minimum atomic E-state index is -3.96. The summed E-state index contributed by atoms with van der Waals surface area (Å²) >= 11 is 0. The van der Waals surface area contributed by atoms with E-state index in [9.17, 15) is 18.0 Å². The summed E-state index contributed by atoms with van der Waals surface area (Å²) in [5.41, 5.74) is 6.52. The van der Waals surface area contributed by atoms with E-state index >= 15 is 0 Å². The number of aromatic amines is 1. The molecule has 8 nitrogen and oxygen atoms in total. The topological polar surface area (TPSA) is 120 Å². The van der Waals surface area contributed by atoms with Gasteiger partial charge < -0.3 is 4.98 Å². The van der Waals surface area contributed by atoms with Gasteiger partial charge in [0, 0.05) is 23.5 Å². The minimum absolute atomic E-state index is 0.0599. The third-order valence-electron chi connectivity index (χ3n) is 6.10. The van der Waals surface area contributed by atoms with Crippen molar-refractivity contribution in [2.45, 2.75) is 75.6 Å². The number of benzene rings is 2. The summed E-state index contributed by atoms with van der Waals surface area (Å²) in [6, 6.07) is 14.3. The molecule has 3 aromatic rings. The van der Waals surface area contributed by atoms with Crippen LogP contribution in [0.5, 0.6) is 0 Å². The Labute approximate surface area is 213 Å². The molecule has 0 aliphatic heterocycles. The maximum absolute atomic E-state index is 13.0. The van der Waals surface area contributed by atoms with E-state index in [4.69, 9.17) is 0 Å². The summed E-state index contributed by atoms with van der Waals surface area (Å²) in [4.78, 5) is 28.5. The average molecular weight is 513 g/mol.